The minimum atomic E-state index is -0.0121. The van der Waals surface area contributed by atoms with Gasteiger partial charge in [-0.3, -0.25) is 4.68 Å². The summed E-state index contributed by atoms with van der Waals surface area (Å²) in [4.78, 5) is 24.4. The van der Waals surface area contributed by atoms with E-state index < -0.39 is 0 Å². The van der Waals surface area contributed by atoms with Crippen LogP contribution in [0.3, 0.4) is 0 Å². The first-order chi connectivity index (χ1) is 14.7. The van der Waals surface area contributed by atoms with Crippen LogP contribution in [0.1, 0.15) is 19.0 Å². The molecule has 0 radical (unpaired) electrons. The maximum atomic E-state index is 6.26. The van der Waals surface area contributed by atoms with Gasteiger partial charge in [0.1, 0.15) is 18.3 Å². The number of fused-ring (bicyclic) bond motifs is 1. The average molecular weight is 405 g/mol. The third kappa shape index (κ3) is 3.04. The Bertz CT molecular complexity index is 1180. The van der Waals surface area contributed by atoms with Gasteiger partial charge in [0.05, 0.1) is 18.3 Å². The summed E-state index contributed by atoms with van der Waals surface area (Å²) < 4.78 is 10.2. The van der Waals surface area contributed by atoms with Crippen molar-refractivity contribution in [1.29, 1.82) is 0 Å². The van der Waals surface area contributed by atoms with Crippen LogP contribution < -0.4 is 9.64 Å². The van der Waals surface area contributed by atoms with Crippen molar-refractivity contribution in [2.75, 3.05) is 18.0 Å². The van der Waals surface area contributed by atoms with E-state index in [1.54, 1.807) is 12.4 Å². The van der Waals surface area contributed by atoms with Crippen molar-refractivity contribution in [1.82, 2.24) is 39.3 Å². The van der Waals surface area contributed by atoms with Crippen LogP contribution in [0.4, 0.5) is 5.95 Å². The van der Waals surface area contributed by atoms with Gasteiger partial charge >= 0.3 is 0 Å². The highest BCUT2D eigenvalue weighted by molar-refractivity contribution is 5.81. The third-order valence-electron chi connectivity index (χ3n) is 5.52. The molecule has 5 rings (SSSR count). The van der Waals surface area contributed by atoms with Gasteiger partial charge in [0, 0.05) is 44.6 Å². The van der Waals surface area contributed by atoms with Gasteiger partial charge in [0.25, 0.3) is 0 Å². The first-order valence-corrected chi connectivity index (χ1v) is 10.0. The van der Waals surface area contributed by atoms with E-state index in [4.69, 9.17) is 9.72 Å². The molecule has 0 aliphatic carbocycles. The first kappa shape index (κ1) is 18.5. The number of hydrogen-bond acceptors (Lipinski definition) is 8. The van der Waals surface area contributed by atoms with Gasteiger partial charge in [-0.25, -0.2) is 19.9 Å². The standard InChI is InChI=1S/C20H23N9O/c1-4-29-13(2)15(10-25-29)17-26-16-18(27(17)3)23-12-24-19(16)30-14-6-9-28(11-14)20-21-7-5-8-22-20/h5,7-8,10,12,14H,4,6,9,11H2,1-3H3/t14-/m0/s1. The molecule has 0 saturated carbocycles. The Morgan fingerprint density at radius 2 is 2.00 bits per heavy atom. The topological polar surface area (TPSA) is 99.7 Å². The Hall–Kier alpha value is -3.56. The minimum absolute atomic E-state index is 0.0121. The Kier molecular flexibility index (Phi) is 4.53. The van der Waals surface area contributed by atoms with Crippen molar-refractivity contribution < 1.29 is 4.74 Å². The maximum absolute atomic E-state index is 6.26. The van der Waals surface area contributed by atoms with E-state index in [1.807, 2.05) is 35.5 Å². The molecular weight excluding hydrogens is 382 g/mol. The molecule has 4 aromatic heterocycles. The average Bonchev–Trinajstić information content (AvgIpc) is 3.47. The molecule has 4 aromatic rings. The van der Waals surface area contributed by atoms with Crippen molar-refractivity contribution in [3.8, 4) is 17.3 Å². The molecule has 10 heteroatoms. The van der Waals surface area contributed by atoms with Crippen molar-refractivity contribution in [2.24, 2.45) is 7.05 Å². The summed E-state index contributed by atoms with van der Waals surface area (Å²) in [5, 5.41) is 4.44. The molecule has 1 aliphatic rings. The van der Waals surface area contributed by atoms with E-state index in [0.717, 1.165) is 48.2 Å². The quantitative estimate of drug-likeness (QED) is 0.497. The van der Waals surface area contributed by atoms with Gasteiger partial charge in [-0.2, -0.15) is 10.1 Å². The normalized spacial score (nSPS) is 16.5. The molecule has 0 aromatic carbocycles. The van der Waals surface area contributed by atoms with Crippen LogP contribution >= 0.6 is 0 Å². The van der Waals surface area contributed by atoms with Gasteiger partial charge in [-0.05, 0) is 19.9 Å². The molecule has 0 bridgehead atoms. The summed E-state index contributed by atoms with van der Waals surface area (Å²) in [6.07, 6.45) is 7.74. The summed E-state index contributed by atoms with van der Waals surface area (Å²) in [6, 6.07) is 1.82. The Balaban J connectivity index is 1.44. The number of anilines is 1. The Labute approximate surface area is 173 Å². The molecule has 30 heavy (non-hydrogen) atoms. The lowest BCUT2D eigenvalue weighted by Gasteiger charge is -2.16. The van der Waals surface area contributed by atoms with Gasteiger partial charge in [-0.1, -0.05) is 0 Å². The SMILES string of the molecule is CCn1ncc(-c2nc3c(O[C@H]4CCN(c5ncccn5)C4)ncnc3n2C)c1C. The first-order valence-electron chi connectivity index (χ1n) is 10.0. The molecule has 0 N–H and O–H groups in total. The third-order valence-corrected chi connectivity index (χ3v) is 5.52. The summed E-state index contributed by atoms with van der Waals surface area (Å²) in [6.45, 7) is 6.48. The van der Waals surface area contributed by atoms with Gasteiger partial charge < -0.3 is 14.2 Å². The minimum Gasteiger partial charge on any atom is -0.471 e. The van der Waals surface area contributed by atoms with Crippen LogP contribution in [0.25, 0.3) is 22.6 Å². The summed E-state index contributed by atoms with van der Waals surface area (Å²) in [7, 11) is 1.95. The highest BCUT2D eigenvalue weighted by atomic mass is 16.5. The molecule has 154 valence electrons. The molecule has 0 amide bonds. The Morgan fingerprint density at radius 1 is 1.17 bits per heavy atom. The second kappa shape index (κ2) is 7.36. The monoisotopic (exact) mass is 405 g/mol. The fraction of sp³-hybridized carbons (Fsp3) is 0.400. The van der Waals surface area contributed by atoms with Gasteiger partial charge in [0.15, 0.2) is 11.2 Å². The van der Waals surface area contributed by atoms with Gasteiger partial charge in [0.2, 0.25) is 11.8 Å². The summed E-state index contributed by atoms with van der Waals surface area (Å²) in [5.74, 6) is 2.03. The second-order valence-corrected chi connectivity index (χ2v) is 7.33. The molecular formula is C20H23N9O. The molecule has 1 fully saturated rings. The van der Waals surface area contributed by atoms with Crippen LogP contribution in [0.2, 0.25) is 0 Å². The zero-order chi connectivity index (χ0) is 20.7. The summed E-state index contributed by atoms with van der Waals surface area (Å²) in [5.41, 5.74) is 3.45. The van der Waals surface area contributed by atoms with E-state index in [2.05, 4.69) is 36.9 Å². The lowest BCUT2D eigenvalue weighted by Crippen LogP contribution is -2.26. The van der Waals surface area contributed by atoms with E-state index in [9.17, 15) is 0 Å². The fourth-order valence-electron chi connectivity index (χ4n) is 3.91. The smallest absolute Gasteiger partial charge is 0.245 e. The second-order valence-electron chi connectivity index (χ2n) is 7.33. The predicted octanol–water partition coefficient (Wildman–Crippen LogP) is 2.00. The molecule has 0 spiro atoms. The maximum Gasteiger partial charge on any atom is 0.245 e. The van der Waals surface area contributed by atoms with E-state index >= 15 is 0 Å². The van der Waals surface area contributed by atoms with Crippen molar-refractivity contribution >= 4 is 17.1 Å². The number of nitrogens with zero attached hydrogens (tertiary/aromatic N) is 9. The van der Waals surface area contributed by atoms with Crippen molar-refractivity contribution in [3.05, 3.63) is 36.7 Å². The van der Waals surface area contributed by atoms with Gasteiger partial charge in [-0.15, -0.1) is 0 Å². The Morgan fingerprint density at radius 3 is 2.77 bits per heavy atom. The highest BCUT2D eigenvalue weighted by Crippen LogP contribution is 2.30. The molecule has 1 atom stereocenters. The highest BCUT2D eigenvalue weighted by Gasteiger charge is 2.28. The van der Waals surface area contributed by atoms with Crippen molar-refractivity contribution in [3.63, 3.8) is 0 Å². The molecule has 1 aliphatic heterocycles. The lowest BCUT2D eigenvalue weighted by atomic mass is 10.2. The fourth-order valence-corrected chi connectivity index (χ4v) is 3.91. The molecule has 0 unspecified atom stereocenters. The number of imidazole rings is 1. The number of ether oxygens (including phenoxy) is 1. The number of aryl methyl sites for hydroxylation is 2. The predicted molar refractivity (Wildman–Crippen MR) is 111 cm³/mol. The van der Waals surface area contributed by atoms with Crippen LogP contribution in [-0.4, -0.2) is 58.5 Å². The zero-order valence-corrected chi connectivity index (χ0v) is 17.2. The zero-order valence-electron chi connectivity index (χ0n) is 17.2. The van der Waals surface area contributed by atoms with Crippen LogP contribution in [0.5, 0.6) is 5.88 Å². The molecule has 5 heterocycles. The van der Waals surface area contributed by atoms with E-state index in [1.165, 1.54) is 6.33 Å². The molecule has 10 nitrogen and oxygen atoms in total. The number of aromatic nitrogens is 8. The largest absolute Gasteiger partial charge is 0.471 e. The van der Waals surface area contributed by atoms with Crippen LogP contribution in [-0.2, 0) is 13.6 Å². The van der Waals surface area contributed by atoms with E-state index in [-0.39, 0.29) is 6.10 Å². The van der Waals surface area contributed by atoms with Crippen LogP contribution in [0.15, 0.2) is 31.0 Å². The van der Waals surface area contributed by atoms with Crippen LogP contribution in [0, 0.1) is 6.92 Å². The summed E-state index contributed by atoms with van der Waals surface area (Å²) >= 11 is 0. The van der Waals surface area contributed by atoms with E-state index in [0.29, 0.717) is 17.9 Å². The number of hydrogen-bond donors (Lipinski definition) is 0. The molecule has 1 saturated heterocycles. The van der Waals surface area contributed by atoms with Crippen molar-refractivity contribution in [2.45, 2.75) is 32.9 Å². The number of rotatable bonds is 5. The lowest BCUT2D eigenvalue weighted by molar-refractivity contribution is 0.218.